The largest absolute Gasteiger partial charge is 0.493 e. The van der Waals surface area contributed by atoms with Crippen molar-refractivity contribution in [3.8, 4) is 28.9 Å². The number of rotatable bonds is 4. The summed E-state index contributed by atoms with van der Waals surface area (Å²) in [5.41, 5.74) is 3.28. The lowest BCUT2D eigenvalue weighted by Crippen LogP contribution is -2.53. The molecule has 1 aliphatic heterocycles. The summed E-state index contributed by atoms with van der Waals surface area (Å²) in [6.07, 6.45) is 3.10. The molecule has 2 aromatic heterocycles. The molecule has 1 saturated heterocycles. The van der Waals surface area contributed by atoms with E-state index in [4.69, 9.17) is 5.26 Å². The molecular formula is C24H26N6O2. The molecule has 0 bridgehead atoms. The Morgan fingerprint density at radius 3 is 2.66 bits per heavy atom. The number of hydrogen-bond donors (Lipinski definition) is 1. The lowest BCUT2D eigenvalue weighted by atomic mass is 10.0. The molecule has 0 aliphatic carbocycles. The molecule has 3 heterocycles. The zero-order valence-electron chi connectivity index (χ0n) is 18.5. The zero-order chi connectivity index (χ0) is 22.8. The number of pyridine rings is 1. The average Bonchev–Trinajstić information content (AvgIpc) is 3.19. The van der Waals surface area contributed by atoms with Crippen LogP contribution in [0.4, 0.5) is 0 Å². The summed E-state index contributed by atoms with van der Waals surface area (Å²) in [6.45, 7) is 9.50. The number of nitriles is 1. The summed E-state index contributed by atoms with van der Waals surface area (Å²) in [5.74, 6) is 0.333. The number of hydrogen-bond acceptors (Lipinski definition) is 6. The highest BCUT2D eigenvalue weighted by Crippen LogP contribution is 2.33. The summed E-state index contributed by atoms with van der Waals surface area (Å²) < 4.78 is 1.34. The first kappa shape index (κ1) is 21.5. The number of aryl methyl sites for hydroxylation is 1. The van der Waals surface area contributed by atoms with E-state index < -0.39 is 0 Å². The van der Waals surface area contributed by atoms with E-state index in [1.165, 1.54) is 10.9 Å². The van der Waals surface area contributed by atoms with Gasteiger partial charge in [-0.25, -0.2) is 4.98 Å². The van der Waals surface area contributed by atoms with E-state index in [1.54, 1.807) is 36.5 Å². The second kappa shape index (κ2) is 8.81. The van der Waals surface area contributed by atoms with Crippen LogP contribution in [0.25, 0.3) is 16.9 Å². The quantitative estimate of drug-likeness (QED) is 0.683. The van der Waals surface area contributed by atoms with Gasteiger partial charge in [-0.05, 0) is 55.8 Å². The molecule has 3 aromatic rings. The SMILES string of the molecule is CCN1CCN(C(=O)c2ccc(-n3ncc(-c4ccc(C#N)cc4C)c3O)nc2)C(C)C1. The molecule has 1 amide bonds. The molecule has 1 aliphatic rings. The first-order valence-corrected chi connectivity index (χ1v) is 10.7. The van der Waals surface area contributed by atoms with Gasteiger partial charge in [0.25, 0.3) is 5.91 Å². The van der Waals surface area contributed by atoms with Gasteiger partial charge < -0.3 is 10.0 Å². The van der Waals surface area contributed by atoms with Crippen molar-refractivity contribution in [1.82, 2.24) is 24.6 Å². The summed E-state index contributed by atoms with van der Waals surface area (Å²) in [6, 6.07) is 10.9. The lowest BCUT2D eigenvalue weighted by Gasteiger charge is -2.39. The van der Waals surface area contributed by atoms with Crippen LogP contribution in [0, 0.1) is 18.3 Å². The van der Waals surface area contributed by atoms with Gasteiger partial charge in [0.15, 0.2) is 5.82 Å². The second-order valence-electron chi connectivity index (χ2n) is 8.08. The Morgan fingerprint density at radius 1 is 1.22 bits per heavy atom. The third kappa shape index (κ3) is 3.95. The summed E-state index contributed by atoms with van der Waals surface area (Å²) in [4.78, 5) is 21.6. The van der Waals surface area contributed by atoms with Crippen LogP contribution in [-0.4, -0.2) is 67.8 Å². The molecule has 1 N–H and O–H groups in total. The van der Waals surface area contributed by atoms with Gasteiger partial charge in [0.1, 0.15) is 0 Å². The van der Waals surface area contributed by atoms with Gasteiger partial charge >= 0.3 is 0 Å². The number of carbonyl (C=O) groups excluding carboxylic acids is 1. The Labute approximate surface area is 187 Å². The molecule has 0 spiro atoms. The van der Waals surface area contributed by atoms with Crippen LogP contribution in [0.5, 0.6) is 5.88 Å². The van der Waals surface area contributed by atoms with Crippen molar-refractivity contribution in [2.24, 2.45) is 0 Å². The van der Waals surface area contributed by atoms with Gasteiger partial charge in [-0.1, -0.05) is 13.0 Å². The first-order valence-electron chi connectivity index (χ1n) is 10.7. The van der Waals surface area contributed by atoms with Crippen molar-refractivity contribution < 1.29 is 9.90 Å². The molecule has 1 fully saturated rings. The summed E-state index contributed by atoms with van der Waals surface area (Å²) in [7, 11) is 0. The molecule has 1 aromatic carbocycles. The zero-order valence-corrected chi connectivity index (χ0v) is 18.5. The van der Waals surface area contributed by atoms with Gasteiger partial charge in [-0.15, -0.1) is 0 Å². The van der Waals surface area contributed by atoms with Gasteiger partial charge in [-0.2, -0.15) is 15.0 Å². The van der Waals surface area contributed by atoms with Crippen molar-refractivity contribution in [3.63, 3.8) is 0 Å². The monoisotopic (exact) mass is 430 g/mol. The lowest BCUT2D eigenvalue weighted by molar-refractivity contribution is 0.0499. The van der Waals surface area contributed by atoms with Crippen LogP contribution >= 0.6 is 0 Å². The normalized spacial score (nSPS) is 16.7. The number of aromatic nitrogens is 3. The average molecular weight is 431 g/mol. The maximum Gasteiger partial charge on any atom is 0.255 e. The highest BCUT2D eigenvalue weighted by molar-refractivity contribution is 5.94. The Kier molecular flexibility index (Phi) is 5.93. The van der Waals surface area contributed by atoms with E-state index in [0.717, 1.165) is 30.8 Å². The maximum absolute atomic E-state index is 13.0. The fourth-order valence-corrected chi connectivity index (χ4v) is 4.16. The van der Waals surface area contributed by atoms with Crippen molar-refractivity contribution in [2.45, 2.75) is 26.8 Å². The second-order valence-corrected chi connectivity index (χ2v) is 8.08. The smallest absolute Gasteiger partial charge is 0.255 e. The third-order valence-corrected chi connectivity index (χ3v) is 6.02. The van der Waals surface area contributed by atoms with E-state index in [9.17, 15) is 9.90 Å². The Bertz CT molecular complexity index is 1180. The van der Waals surface area contributed by atoms with Crippen LogP contribution in [0.2, 0.25) is 0 Å². The van der Waals surface area contributed by atoms with Crippen LogP contribution < -0.4 is 0 Å². The van der Waals surface area contributed by atoms with E-state index in [0.29, 0.717) is 29.1 Å². The molecule has 8 heteroatoms. The predicted molar refractivity (Wildman–Crippen MR) is 121 cm³/mol. The molecule has 0 saturated carbocycles. The summed E-state index contributed by atoms with van der Waals surface area (Å²) in [5, 5.41) is 24.1. The fourth-order valence-electron chi connectivity index (χ4n) is 4.16. The van der Waals surface area contributed by atoms with Crippen molar-refractivity contribution in [1.29, 1.82) is 5.26 Å². The highest BCUT2D eigenvalue weighted by Gasteiger charge is 2.27. The topological polar surface area (TPSA) is 98.3 Å². The molecule has 4 rings (SSSR count). The van der Waals surface area contributed by atoms with Gasteiger partial charge in [-0.3, -0.25) is 9.69 Å². The van der Waals surface area contributed by atoms with Crippen molar-refractivity contribution in [2.75, 3.05) is 26.2 Å². The number of amides is 1. The Balaban J connectivity index is 1.55. The third-order valence-electron chi connectivity index (χ3n) is 6.02. The Morgan fingerprint density at radius 2 is 2.03 bits per heavy atom. The maximum atomic E-state index is 13.0. The molecular weight excluding hydrogens is 404 g/mol. The van der Waals surface area contributed by atoms with Crippen LogP contribution in [-0.2, 0) is 0 Å². The van der Waals surface area contributed by atoms with Crippen molar-refractivity contribution >= 4 is 5.91 Å². The van der Waals surface area contributed by atoms with Gasteiger partial charge in [0.2, 0.25) is 5.88 Å². The number of aromatic hydroxyl groups is 1. The highest BCUT2D eigenvalue weighted by atomic mass is 16.3. The fraction of sp³-hybridized carbons (Fsp3) is 0.333. The minimum Gasteiger partial charge on any atom is -0.493 e. The molecule has 164 valence electrons. The van der Waals surface area contributed by atoms with Crippen LogP contribution in [0.1, 0.15) is 35.3 Å². The minimum absolute atomic E-state index is 0.0362. The molecule has 8 nitrogen and oxygen atoms in total. The predicted octanol–water partition coefficient (Wildman–Crippen LogP) is 2.99. The molecule has 32 heavy (non-hydrogen) atoms. The standard InChI is InChI=1S/C24H26N6O2/c1-4-28-9-10-29(17(3)15-28)23(31)19-6-8-22(26-13-19)30-24(32)21(14-27-30)20-7-5-18(12-25)11-16(20)2/h5-8,11,13-14,17,32H,4,9-10,15H2,1-3H3. The number of carbonyl (C=O) groups is 1. The minimum atomic E-state index is -0.0475. The van der Waals surface area contributed by atoms with E-state index >= 15 is 0 Å². The van der Waals surface area contributed by atoms with Crippen LogP contribution in [0.3, 0.4) is 0 Å². The van der Waals surface area contributed by atoms with E-state index in [1.807, 2.05) is 11.8 Å². The Hall–Kier alpha value is -3.70. The molecule has 1 atom stereocenters. The van der Waals surface area contributed by atoms with Crippen LogP contribution in [0.15, 0.2) is 42.7 Å². The number of likely N-dealkylation sites (N-methyl/N-ethyl adjacent to an activating group) is 1. The molecule has 1 unspecified atom stereocenters. The summed E-state index contributed by atoms with van der Waals surface area (Å²) >= 11 is 0. The van der Waals surface area contributed by atoms with Gasteiger partial charge in [0, 0.05) is 31.9 Å². The molecule has 0 radical (unpaired) electrons. The van der Waals surface area contributed by atoms with E-state index in [-0.39, 0.29) is 17.8 Å². The first-order chi connectivity index (χ1) is 15.4. The number of benzene rings is 1. The van der Waals surface area contributed by atoms with Crippen molar-refractivity contribution in [3.05, 3.63) is 59.4 Å². The number of nitrogens with zero attached hydrogens (tertiary/aromatic N) is 6. The number of piperazine rings is 1. The van der Waals surface area contributed by atoms with Gasteiger partial charge in [0.05, 0.1) is 29.0 Å². The van der Waals surface area contributed by atoms with E-state index in [2.05, 4.69) is 34.9 Å².